The summed E-state index contributed by atoms with van der Waals surface area (Å²) in [5.41, 5.74) is 7.23. The number of hydrogen-bond donors (Lipinski definition) is 1. The van der Waals surface area contributed by atoms with Crippen molar-refractivity contribution in [2.45, 2.75) is 32.6 Å². The van der Waals surface area contributed by atoms with E-state index in [2.05, 4.69) is 25.8 Å². The van der Waals surface area contributed by atoms with Gasteiger partial charge in [-0.1, -0.05) is 20.8 Å². The molecule has 0 aliphatic heterocycles. The van der Waals surface area contributed by atoms with Crippen molar-refractivity contribution >= 4 is 16.5 Å². The first-order valence-electron chi connectivity index (χ1n) is 6.39. The van der Waals surface area contributed by atoms with E-state index in [-0.39, 0.29) is 11.2 Å². The van der Waals surface area contributed by atoms with Crippen LogP contribution in [0.5, 0.6) is 5.75 Å². The number of anilines is 1. The van der Waals surface area contributed by atoms with Crippen LogP contribution in [-0.4, -0.2) is 12.1 Å². The molecule has 0 radical (unpaired) electrons. The number of methoxy groups -OCH3 is 1. The van der Waals surface area contributed by atoms with Gasteiger partial charge in [-0.3, -0.25) is 0 Å². The van der Waals surface area contributed by atoms with Crippen LogP contribution < -0.4 is 10.5 Å². The average Bonchev–Trinajstić information content (AvgIpc) is 2.73. The van der Waals surface area contributed by atoms with E-state index in [9.17, 15) is 4.39 Å². The summed E-state index contributed by atoms with van der Waals surface area (Å²) in [7, 11) is 1.57. The topological polar surface area (TPSA) is 48.1 Å². The number of hydrogen-bond acceptors (Lipinski definition) is 4. The molecule has 0 fully saturated rings. The summed E-state index contributed by atoms with van der Waals surface area (Å²) < 4.78 is 19.1. The monoisotopic (exact) mass is 294 g/mol. The van der Waals surface area contributed by atoms with Crippen molar-refractivity contribution in [2.75, 3.05) is 12.8 Å². The molecule has 3 nitrogen and oxygen atoms in total. The van der Waals surface area contributed by atoms with Crippen LogP contribution in [0, 0.1) is 5.82 Å². The van der Waals surface area contributed by atoms with Gasteiger partial charge < -0.3 is 10.5 Å². The summed E-state index contributed by atoms with van der Waals surface area (Å²) >= 11 is 1.42. The molecule has 108 valence electrons. The third kappa shape index (κ3) is 3.10. The standard InChI is InChI=1S/C15H19FN2OS/c1-15(2,3)13-12(20-14(17)18-13)8-9-7-10(19-4)5-6-11(9)16/h5-7H,8H2,1-4H3,(H2,17,18). The van der Waals surface area contributed by atoms with Crippen molar-refractivity contribution in [3.8, 4) is 5.75 Å². The van der Waals surface area contributed by atoms with Crippen molar-refractivity contribution < 1.29 is 9.13 Å². The molecule has 0 unspecified atom stereocenters. The molecule has 0 bridgehead atoms. The number of thiazole rings is 1. The van der Waals surface area contributed by atoms with E-state index < -0.39 is 0 Å². The second kappa shape index (κ2) is 5.40. The lowest BCUT2D eigenvalue weighted by Crippen LogP contribution is -2.14. The average molecular weight is 294 g/mol. The minimum Gasteiger partial charge on any atom is -0.497 e. The van der Waals surface area contributed by atoms with Crippen molar-refractivity contribution in [3.05, 3.63) is 40.2 Å². The van der Waals surface area contributed by atoms with E-state index in [1.54, 1.807) is 19.2 Å². The maximum absolute atomic E-state index is 13.9. The van der Waals surface area contributed by atoms with Gasteiger partial charge in [-0.05, 0) is 23.8 Å². The predicted molar refractivity (Wildman–Crippen MR) is 81.0 cm³/mol. The molecule has 2 rings (SSSR count). The van der Waals surface area contributed by atoms with Gasteiger partial charge in [0.05, 0.1) is 12.8 Å². The zero-order chi connectivity index (χ0) is 14.9. The minimum atomic E-state index is -0.238. The molecule has 2 N–H and O–H groups in total. The van der Waals surface area contributed by atoms with Crippen molar-refractivity contribution in [2.24, 2.45) is 0 Å². The highest BCUT2D eigenvalue weighted by Crippen LogP contribution is 2.33. The van der Waals surface area contributed by atoms with Gasteiger partial charge in [-0.15, -0.1) is 11.3 Å². The number of nitrogens with two attached hydrogens (primary N) is 1. The third-order valence-electron chi connectivity index (χ3n) is 3.03. The van der Waals surface area contributed by atoms with Gasteiger partial charge in [0.15, 0.2) is 5.13 Å². The first-order valence-corrected chi connectivity index (χ1v) is 7.21. The number of benzene rings is 1. The van der Waals surface area contributed by atoms with Crippen molar-refractivity contribution in [1.29, 1.82) is 0 Å². The molecule has 0 atom stereocenters. The quantitative estimate of drug-likeness (QED) is 0.937. The largest absolute Gasteiger partial charge is 0.497 e. The Kier molecular flexibility index (Phi) is 3.99. The van der Waals surface area contributed by atoms with E-state index in [4.69, 9.17) is 10.5 Å². The fourth-order valence-corrected chi connectivity index (χ4v) is 3.13. The van der Waals surface area contributed by atoms with Crippen molar-refractivity contribution in [3.63, 3.8) is 0 Å². The summed E-state index contributed by atoms with van der Waals surface area (Å²) in [6, 6.07) is 4.76. The molecule has 0 saturated heterocycles. The van der Waals surface area contributed by atoms with E-state index >= 15 is 0 Å². The number of rotatable bonds is 3. The Morgan fingerprint density at radius 3 is 2.65 bits per heavy atom. The Morgan fingerprint density at radius 2 is 2.05 bits per heavy atom. The van der Waals surface area contributed by atoms with Crippen LogP contribution in [0.2, 0.25) is 0 Å². The molecule has 0 aliphatic carbocycles. The number of halogens is 1. The maximum Gasteiger partial charge on any atom is 0.180 e. The van der Waals surface area contributed by atoms with Gasteiger partial charge in [0.2, 0.25) is 0 Å². The number of aromatic nitrogens is 1. The second-order valence-corrected chi connectivity index (χ2v) is 6.82. The molecule has 0 aliphatic rings. The fraction of sp³-hybridized carbons (Fsp3) is 0.400. The Hall–Kier alpha value is -1.62. The first-order chi connectivity index (χ1) is 9.31. The lowest BCUT2D eigenvalue weighted by atomic mass is 9.90. The highest BCUT2D eigenvalue weighted by molar-refractivity contribution is 7.15. The molecule has 1 heterocycles. The molecule has 0 spiro atoms. The Balaban J connectivity index is 2.40. The fourth-order valence-electron chi connectivity index (χ4n) is 2.06. The number of nitrogens with zero attached hydrogens (tertiary/aromatic N) is 1. The number of ether oxygens (including phenoxy) is 1. The summed E-state index contributed by atoms with van der Waals surface area (Å²) in [5.74, 6) is 0.411. The summed E-state index contributed by atoms with van der Waals surface area (Å²) in [6.07, 6.45) is 0.477. The van der Waals surface area contributed by atoms with Gasteiger partial charge in [-0.2, -0.15) is 0 Å². The minimum absolute atomic E-state index is 0.112. The van der Waals surface area contributed by atoms with Gasteiger partial charge in [0.25, 0.3) is 0 Å². The van der Waals surface area contributed by atoms with Gasteiger partial charge in [0, 0.05) is 16.7 Å². The van der Waals surface area contributed by atoms with E-state index in [0.717, 1.165) is 10.6 Å². The molecular formula is C15H19FN2OS. The van der Waals surface area contributed by atoms with Gasteiger partial charge in [0.1, 0.15) is 11.6 Å². The van der Waals surface area contributed by atoms with E-state index in [1.165, 1.54) is 17.4 Å². The van der Waals surface area contributed by atoms with E-state index in [1.807, 2.05) is 0 Å². The summed E-state index contributed by atoms with van der Waals surface area (Å²) in [4.78, 5) is 5.39. The highest BCUT2D eigenvalue weighted by Gasteiger charge is 2.23. The molecule has 5 heteroatoms. The lowest BCUT2D eigenvalue weighted by molar-refractivity contribution is 0.413. The zero-order valence-corrected chi connectivity index (χ0v) is 13.0. The molecule has 0 amide bonds. The Bertz CT molecular complexity index is 617. The van der Waals surface area contributed by atoms with Crippen molar-refractivity contribution in [1.82, 2.24) is 4.98 Å². The molecule has 1 aromatic carbocycles. The van der Waals surface area contributed by atoms with Crippen LogP contribution >= 0.6 is 11.3 Å². The lowest BCUT2D eigenvalue weighted by Gasteiger charge is -2.17. The van der Waals surface area contributed by atoms with E-state index in [0.29, 0.717) is 22.9 Å². The van der Waals surface area contributed by atoms with Crippen LogP contribution in [0.15, 0.2) is 18.2 Å². The molecule has 20 heavy (non-hydrogen) atoms. The maximum atomic E-state index is 13.9. The zero-order valence-electron chi connectivity index (χ0n) is 12.2. The van der Waals surface area contributed by atoms with Crippen LogP contribution in [-0.2, 0) is 11.8 Å². The smallest absolute Gasteiger partial charge is 0.180 e. The Morgan fingerprint density at radius 1 is 1.35 bits per heavy atom. The SMILES string of the molecule is COc1ccc(F)c(Cc2sc(N)nc2C(C)(C)C)c1. The normalized spacial score (nSPS) is 11.7. The summed E-state index contributed by atoms with van der Waals surface area (Å²) in [6.45, 7) is 6.23. The predicted octanol–water partition coefficient (Wildman–Crippen LogP) is 3.76. The third-order valence-corrected chi connectivity index (χ3v) is 3.91. The van der Waals surface area contributed by atoms with Gasteiger partial charge in [-0.25, -0.2) is 9.37 Å². The van der Waals surface area contributed by atoms with Crippen LogP contribution in [0.4, 0.5) is 9.52 Å². The van der Waals surface area contributed by atoms with Gasteiger partial charge >= 0.3 is 0 Å². The second-order valence-electron chi connectivity index (χ2n) is 5.71. The molecular weight excluding hydrogens is 275 g/mol. The van der Waals surface area contributed by atoms with Crippen LogP contribution in [0.25, 0.3) is 0 Å². The summed E-state index contributed by atoms with van der Waals surface area (Å²) in [5, 5.41) is 0.522. The Labute approximate surface area is 122 Å². The van der Waals surface area contributed by atoms with Crippen LogP contribution in [0.1, 0.15) is 36.9 Å². The highest BCUT2D eigenvalue weighted by atomic mass is 32.1. The molecule has 1 aromatic heterocycles. The number of nitrogen functional groups attached to an aromatic ring is 1. The van der Waals surface area contributed by atoms with Crippen LogP contribution in [0.3, 0.4) is 0 Å². The molecule has 0 saturated carbocycles. The molecule has 2 aromatic rings. The first kappa shape index (κ1) is 14.8.